The van der Waals surface area contributed by atoms with Gasteiger partial charge in [0.15, 0.2) is 0 Å². The van der Waals surface area contributed by atoms with Gasteiger partial charge in [0.2, 0.25) is 5.91 Å². The maximum atomic E-state index is 12.2. The van der Waals surface area contributed by atoms with Crippen molar-refractivity contribution in [3.05, 3.63) is 23.8 Å². The quantitative estimate of drug-likeness (QED) is 0.823. The molecule has 6 nitrogen and oxygen atoms in total. The highest BCUT2D eigenvalue weighted by molar-refractivity contribution is 5.81. The molecule has 0 spiro atoms. The van der Waals surface area contributed by atoms with Crippen LogP contribution in [0.1, 0.15) is 12.5 Å². The van der Waals surface area contributed by atoms with Gasteiger partial charge in [-0.05, 0) is 12.1 Å². The van der Waals surface area contributed by atoms with E-state index in [9.17, 15) is 9.59 Å². The van der Waals surface area contributed by atoms with Crippen LogP contribution < -0.4 is 9.47 Å². The first-order chi connectivity index (χ1) is 9.90. The normalized spacial score (nSPS) is 11.6. The second-order valence-corrected chi connectivity index (χ2v) is 4.83. The summed E-state index contributed by atoms with van der Waals surface area (Å²) in [6.07, 6.45) is 0.0933. The van der Waals surface area contributed by atoms with Crippen LogP contribution in [0, 0.1) is 5.92 Å². The van der Waals surface area contributed by atoms with Crippen molar-refractivity contribution in [2.75, 3.05) is 27.8 Å². The number of carbonyl (C=O) groups is 2. The largest absolute Gasteiger partial charge is 0.496 e. The number of methoxy groups -OCH3 is 2. The topological polar surface area (TPSA) is 76.1 Å². The Morgan fingerprint density at radius 1 is 1.24 bits per heavy atom. The van der Waals surface area contributed by atoms with Gasteiger partial charge in [-0.15, -0.1) is 0 Å². The van der Waals surface area contributed by atoms with Gasteiger partial charge in [-0.2, -0.15) is 0 Å². The minimum atomic E-state index is -0.926. The molecule has 0 aromatic heterocycles. The van der Waals surface area contributed by atoms with Crippen LogP contribution in [0.5, 0.6) is 11.5 Å². The molecular formula is C15H21NO5. The molecule has 1 rings (SSSR count). The Morgan fingerprint density at radius 2 is 1.76 bits per heavy atom. The zero-order valence-electron chi connectivity index (χ0n) is 12.8. The molecule has 0 bridgehead atoms. The molecule has 0 saturated carbocycles. The predicted octanol–water partition coefficient (Wildman–Crippen LogP) is 1.43. The fourth-order valence-electron chi connectivity index (χ4n) is 1.98. The third-order valence-electron chi connectivity index (χ3n) is 3.25. The molecule has 1 N–H and O–H groups in total. The molecule has 0 aliphatic rings. The van der Waals surface area contributed by atoms with Crippen molar-refractivity contribution in [3.63, 3.8) is 0 Å². The van der Waals surface area contributed by atoms with Gasteiger partial charge in [0, 0.05) is 19.2 Å². The van der Waals surface area contributed by atoms with E-state index in [4.69, 9.17) is 14.6 Å². The standard InChI is InChI=1S/C15H21NO5/c1-10(15(18)19)9-16(2)14(17)8-11-12(20-3)6-5-7-13(11)21-4/h5-7,10H,8-9H2,1-4H3,(H,18,19). The van der Waals surface area contributed by atoms with Gasteiger partial charge in [0.25, 0.3) is 0 Å². The van der Waals surface area contributed by atoms with E-state index in [1.165, 1.54) is 19.1 Å². The molecule has 1 atom stereocenters. The summed E-state index contributed by atoms with van der Waals surface area (Å²) >= 11 is 0. The summed E-state index contributed by atoms with van der Waals surface area (Å²) in [6, 6.07) is 5.29. The summed E-state index contributed by atoms with van der Waals surface area (Å²) in [6.45, 7) is 1.72. The van der Waals surface area contributed by atoms with E-state index in [2.05, 4.69) is 0 Å². The maximum Gasteiger partial charge on any atom is 0.308 e. The van der Waals surface area contributed by atoms with Crippen molar-refractivity contribution in [1.82, 2.24) is 4.90 Å². The predicted molar refractivity (Wildman–Crippen MR) is 77.7 cm³/mol. The van der Waals surface area contributed by atoms with Crippen molar-refractivity contribution in [2.24, 2.45) is 5.92 Å². The molecule has 0 heterocycles. The van der Waals surface area contributed by atoms with Crippen LogP contribution in [0.2, 0.25) is 0 Å². The highest BCUT2D eigenvalue weighted by Crippen LogP contribution is 2.29. The lowest BCUT2D eigenvalue weighted by molar-refractivity contribution is -0.142. The number of carboxylic acid groups (broad SMARTS) is 1. The van der Waals surface area contributed by atoms with E-state index < -0.39 is 11.9 Å². The second kappa shape index (κ2) is 7.52. The molecule has 6 heteroatoms. The van der Waals surface area contributed by atoms with E-state index in [1.54, 1.807) is 32.2 Å². The number of likely N-dealkylation sites (N-methyl/N-ethyl adjacent to an activating group) is 1. The summed E-state index contributed by atoms with van der Waals surface area (Å²) in [5.41, 5.74) is 0.655. The molecule has 21 heavy (non-hydrogen) atoms. The third kappa shape index (κ3) is 4.37. The minimum absolute atomic E-state index is 0.0933. The number of ether oxygens (including phenoxy) is 2. The van der Waals surface area contributed by atoms with Gasteiger partial charge in [-0.25, -0.2) is 0 Å². The lowest BCUT2D eigenvalue weighted by Crippen LogP contribution is -2.34. The van der Waals surface area contributed by atoms with Gasteiger partial charge in [-0.3, -0.25) is 9.59 Å². The molecule has 1 aromatic carbocycles. The zero-order chi connectivity index (χ0) is 16.0. The number of rotatable bonds is 7. The van der Waals surface area contributed by atoms with Crippen molar-refractivity contribution >= 4 is 11.9 Å². The monoisotopic (exact) mass is 295 g/mol. The average molecular weight is 295 g/mol. The van der Waals surface area contributed by atoms with E-state index in [0.717, 1.165) is 0 Å². The average Bonchev–Trinajstić information content (AvgIpc) is 2.46. The van der Waals surface area contributed by atoms with Crippen LogP contribution in [0.25, 0.3) is 0 Å². The second-order valence-electron chi connectivity index (χ2n) is 4.83. The summed E-state index contributed by atoms with van der Waals surface area (Å²) < 4.78 is 10.5. The Bertz CT molecular complexity index is 493. The van der Waals surface area contributed by atoms with Gasteiger partial charge in [0.1, 0.15) is 11.5 Å². The molecule has 0 radical (unpaired) electrons. The molecule has 1 aromatic rings. The zero-order valence-corrected chi connectivity index (χ0v) is 12.8. The SMILES string of the molecule is COc1cccc(OC)c1CC(=O)N(C)CC(C)C(=O)O. The number of hydrogen-bond donors (Lipinski definition) is 1. The van der Waals surface area contributed by atoms with Gasteiger partial charge in [0.05, 0.1) is 26.6 Å². The Morgan fingerprint density at radius 3 is 2.19 bits per heavy atom. The first kappa shape index (κ1) is 16.8. The van der Waals surface area contributed by atoms with Crippen molar-refractivity contribution in [1.29, 1.82) is 0 Å². The van der Waals surface area contributed by atoms with E-state index in [1.807, 2.05) is 0 Å². The smallest absolute Gasteiger partial charge is 0.308 e. The van der Waals surface area contributed by atoms with Crippen molar-refractivity contribution in [3.8, 4) is 11.5 Å². The highest BCUT2D eigenvalue weighted by Gasteiger charge is 2.20. The van der Waals surface area contributed by atoms with Crippen LogP contribution in [-0.2, 0) is 16.0 Å². The third-order valence-corrected chi connectivity index (χ3v) is 3.25. The van der Waals surface area contributed by atoms with E-state index >= 15 is 0 Å². The van der Waals surface area contributed by atoms with Gasteiger partial charge >= 0.3 is 5.97 Å². The Labute approximate surface area is 124 Å². The molecule has 1 unspecified atom stereocenters. The molecule has 0 aliphatic heterocycles. The van der Waals surface area contributed by atoms with Crippen molar-refractivity contribution < 1.29 is 24.2 Å². The molecule has 116 valence electrons. The number of hydrogen-bond acceptors (Lipinski definition) is 4. The van der Waals surface area contributed by atoms with Crippen molar-refractivity contribution in [2.45, 2.75) is 13.3 Å². The van der Waals surface area contributed by atoms with Gasteiger partial charge < -0.3 is 19.5 Å². The number of amides is 1. The van der Waals surface area contributed by atoms with E-state index in [0.29, 0.717) is 17.1 Å². The minimum Gasteiger partial charge on any atom is -0.496 e. The molecular weight excluding hydrogens is 274 g/mol. The fourth-order valence-corrected chi connectivity index (χ4v) is 1.98. The number of carboxylic acids is 1. The molecule has 0 fully saturated rings. The number of benzene rings is 1. The van der Waals surface area contributed by atoms with Gasteiger partial charge in [-0.1, -0.05) is 13.0 Å². The number of nitrogens with zero attached hydrogens (tertiary/aromatic N) is 1. The maximum absolute atomic E-state index is 12.2. The highest BCUT2D eigenvalue weighted by atomic mass is 16.5. The Hall–Kier alpha value is -2.24. The fraction of sp³-hybridized carbons (Fsp3) is 0.467. The number of aliphatic carboxylic acids is 1. The first-order valence-corrected chi connectivity index (χ1v) is 6.57. The summed E-state index contributed by atoms with van der Waals surface area (Å²) in [5, 5.41) is 8.89. The Balaban J connectivity index is 2.85. The van der Waals surface area contributed by atoms with Crippen LogP contribution in [0.4, 0.5) is 0 Å². The Kier molecular flexibility index (Phi) is 6.02. The summed E-state index contributed by atoms with van der Waals surface area (Å²) in [5.74, 6) is -0.585. The van der Waals surface area contributed by atoms with Crippen LogP contribution in [0.3, 0.4) is 0 Å². The molecule has 0 aliphatic carbocycles. The molecule has 1 amide bonds. The van der Waals surface area contributed by atoms with Crippen LogP contribution in [-0.4, -0.2) is 49.7 Å². The summed E-state index contributed by atoms with van der Waals surface area (Å²) in [4.78, 5) is 24.5. The summed E-state index contributed by atoms with van der Waals surface area (Å²) in [7, 11) is 4.64. The lowest BCUT2D eigenvalue weighted by Gasteiger charge is -2.20. The van der Waals surface area contributed by atoms with E-state index in [-0.39, 0.29) is 18.9 Å². The lowest BCUT2D eigenvalue weighted by atomic mass is 10.1. The number of carbonyl (C=O) groups excluding carboxylic acids is 1. The van der Waals surface area contributed by atoms with Crippen LogP contribution >= 0.6 is 0 Å². The molecule has 0 saturated heterocycles. The first-order valence-electron chi connectivity index (χ1n) is 6.57. The van der Waals surface area contributed by atoms with Crippen LogP contribution in [0.15, 0.2) is 18.2 Å².